The second kappa shape index (κ2) is 5.99. The zero-order valence-electron chi connectivity index (χ0n) is 11.1. The lowest BCUT2D eigenvalue weighted by Gasteiger charge is -2.46. The molecule has 8 heteroatoms. The van der Waals surface area contributed by atoms with Gasteiger partial charge in [0.2, 0.25) is 0 Å². The van der Waals surface area contributed by atoms with Crippen LogP contribution < -0.4 is 0 Å². The number of Topliss-reactive ketones (excluding diaryl/α,β-unsaturated/α-hetero) is 1. The monoisotopic (exact) mass is 361 g/mol. The smallest absolute Gasteiger partial charge is 0.327 e. The number of hydrogen-bond acceptors (Lipinski definition) is 2. The van der Waals surface area contributed by atoms with Crippen molar-refractivity contribution in [2.75, 3.05) is 11.9 Å². The van der Waals surface area contributed by atoms with E-state index in [9.17, 15) is 27.2 Å². The van der Waals surface area contributed by atoms with Gasteiger partial charge in [-0.05, 0) is 18.3 Å². The minimum Gasteiger partial charge on any atom is -0.327 e. The summed E-state index contributed by atoms with van der Waals surface area (Å²) in [5, 5.41) is -0.120. The molecule has 0 spiro atoms. The van der Waals surface area contributed by atoms with Crippen LogP contribution in [0.2, 0.25) is 0 Å². The van der Waals surface area contributed by atoms with E-state index < -0.39 is 35.5 Å². The zero-order valence-corrected chi connectivity index (χ0v) is 12.7. The number of alkyl halides is 5. The third-order valence-electron chi connectivity index (χ3n) is 3.53. The number of nitrogens with zero attached hydrogens (tertiary/aromatic N) is 1. The molecule has 20 heavy (non-hydrogen) atoms. The van der Waals surface area contributed by atoms with Crippen LogP contribution in [0.3, 0.4) is 0 Å². The molecule has 0 bridgehead atoms. The van der Waals surface area contributed by atoms with Crippen LogP contribution >= 0.6 is 15.9 Å². The normalized spacial score (nSPS) is 23.0. The van der Waals surface area contributed by atoms with E-state index in [1.54, 1.807) is 13.8 Å². The van der Waals surface area contributed by atoms with Gasteiger partial charge in [-0.3, -0.25) is 9.59 Å². The average Bonchev–Trinajstić information content (AvgIpc) is 2.35. The molecule has 0 N–H and O–H groups in total. The largest absolute Gasteiger partial charge is 0.383 e. The Labute approximate surface area is 122 Å². The molecule has 116 valence electrons. The number of halogens is 5. The van der Waals surface area contributed by atoms with Gasteiger partial charge in [0.05, 0.1) is 11.4 Å². The van der Waals surface area contributed by atoms with Crippen molar-refractivity contribution >= 4 is 27.6 Å². The highest BCUT2D eigenvalue weighted by Crippen LogP contribution is 2.38. The van der Waals surface area contributed by atoms with E-state index in [4.69, 9.17) is 0 Å². The summed E-state index contributed by atoms with van der Waals surface area (Å²) in [5.74, 6) is -7.20. The van der Waals surface area contributed by atoms with Gasteiger partial charge in [0, 0.05) is 6.54 Å². The minimum absolute atomic E-state index is 0.117. The standard InChI is InChI=1S/C12H16BrF4NO2/c1-11(2)4-3-5-18(8(11)7(19)6-13)10(20)12(16,17)9(14)15/h8-9H,3-6H2,1-2H3. The van der Waals surface area contributed by atoms with Crippen LogP contribution in [0, 0.1) is 5.41 Å². The van der Waals surface area contributed by atoms with Gasteiger partial charge in [0.1, 0.15) is 0 Å². The topological polar surface area (TPSA) is 37.4 Å². The number of piperidine rings is 1. The average molecular weight is 362 g/mol. The van der Waals surface area contributed by atoms with Crippen LogP contribution in [0.15, 0.2) is 0 Å². The molecule has 1 saturated heterocycles. The molecule has 1 rings (SSSR count). The summed E-state index contributed by atoms with van der Waals surface area (Å²) in [4.78, 5) is 24.2. The molecule has 1 unspecified atom stereocenters. The molecular weight excluding hydrogens is 346 g/mol. The summed E-state index contributed by atoms with van der Waals surface area (Å²) in [7, 11) is 0. The fourth-order valence-corrected chi connectivity index (χ4v) is 2.89. The number of carbonyl (C=O) groups is 2. The lowest BCUT2D eigenvalue weighted by molar-refractivity contribution is -0.188. The molecule has 1 heterocycles. The Hall–Kier alpha value is -0.660. The van der Waals surface area contributed by atoms with Crippen LogP contribution in [-0.4, -0.2) is 46.9 Å². The highest BCUT2D eigenvalue weighted by atomic mass is 79.9. The van der Waals surface area contributed by atoms with E-state index in [0.29, 0.717) is 17.7 Å². The predicted octanol–water partition coefficient (Wildman–Crippen LogP) is 2.87. The Morgan fingerprint density at radius 2 is 1.95 bits per heavy atom. The number of ketones is 1. The van der Waals surface area contributed by atoms with E-state index >= 15 is 0 Å². The first kappa shape index (κ1) is 17.4. The van der Waals surface area contributed by atoms with Gasteiger partial charge in [-0.15, -0.1) is 0 Å². The van der Waals surface area contributed by atoms with Crippen molar-refractivity contribution in [2.45, 2.75) is 45.1 Å². The van der Waals surface area contributed by atoms with Crippen molar-refractivity contribution in [3.05, 3.63) is 0 Å². The maximum absolute atomic E-state index is 13.3. The summed E-state index contributed by atoms with van der Waals surface area (Å²) in [6.07, 6.45) is -3.13. The summed E-state index contributed by atoms with van der Waals surface area (Å²) in [6.45, 7) is 3.21. The summed E-state index contributed by atoms with van der Waals surface area (Å²) in [6, 6.07) is -1.12. The molecule has 1 aliphatic rings. The van der Waals surface area contributed by atoms with Gasteiger partial charge in [-0.1, -0.05) is 29.8 Å². The molecule has 1 amide bonds. The van der Waals surface area contributed by atoms with Crippen LogP contribution in [-0.2, 0) is 9.59 Å². The van der Waals surface area contributed by atoms with Crippen molar-refractivity contribution in [2.24, 2.45) is 5.41 Å². The third-order valence-corrected chi connectivity index (χ3v) is 4.08. The molecular formula is C12H16BrF4NO2. The first-order valence-corrected chi connectivity index (χ1v) is 7.23. The van der Waals surface area contributed by atoms with Crippen molar-refractivity contribution in [1.82, 2.24) is 4.90 Å². The molecule has 0 saturated carbocycles. The van der Waals surface area contributed by atoms with E-state index in [1.165, 1.54) is 0 Å². The number of likely N-dealkylation sites (tertiary alicyclic amines) is 1. The van der Waals surface area contributed by atoms with Crippen molar-refractivity contribution < 1.29 is 27.2 Å². The third kappa shape index (κ3) is 3.15. The van der Waals surface area contributed by atoms with Gasteiger partial charge in [0.15, 0.2) is 5.78 Å². The lowest BCUT2D eigenvalue weighted by Crippen LogP contribution is -2.61. The summed E-state index contributed by atoms with van der Waals surface area (Å²) < 4.78 is 51.2. The van der Waals surface area contributed by atoms with Crippen LogP contribution in [0.25, 0.3) is 0 Å². The van der Waals surface area contributed by atoms with Gasteiger partial charge in [-0.2, -0.15) is 8.78 Å². The molecule has 1 fully saturated rings. The van der Waals surface area contributed by atoms with Gasteiger partial charge in [-0.25, -0.2) is 8.78 Å². The van der Waals surface area contributed by atoms with E-state index in [0.717, 1.165) is 0 Å². The second-order valence-corrected chi connectivity index (χ2v) is 6.08. The Kier molecular flexibility index (Phi) is 5.21. The molecule has 1 atom stereocenters. The maximum atomic E-state index is 13.3. The van der Waals surface area contributed by atoms with Crippen molar-refractivity contribution in [1.29, 1.82) is 0 Å². The van der Waals surface area contributed by atoms with Crippen molar-refractivity contribution in [3.8, 4) is 0 Å². The fourth-order valence-electron chi connectivity index (χ4n) is 2.58. The first-order chi connectivity index (χ1) is 9.05. The molecule has 0 radical (unpaired) electrons. The zero-order chi connectivity index (χ0) is 15.7. The van der Waals surface area contributed by atoms with Gasteiger partial charge in [0.25, 0.3) is 5.91 Å². The molecule has 0 aliphatic carbocycles. The maximum Gasteiger partial charge on any atom is 0.383 e. The predicted molar refractivity (Wildman–Crippen MR) is 68.3 cm³/mol. The van der Waals surface area contributed by atoms with Crippen LogP contribution in [0.1, 0.15) is 26.7 Å². The fraction of sp³-hybridized carbons (Fsp3) is 0.833. The van der Waals surface area contributed by atoms with E-state index in [2.05, 4.69) is 15.9 Å². The van der Waals surface area contributed by atoms with Crippen LogP contribution in [0.5, 0.6) is 0 Å². The quantitative estimate of drug-likeness (QED) is 0.570. The summed E-state index contributed by atoms with van der Waals surface area (Å²) in [5.41, 5.74) is -0.725. The first-order valence-electron chi connectivity index (χ1n) is 6.11. The molecule has 0 aromatic rings. The second-order valence-electron chi connectivity index (χ2n) is 5.52. The molecule has 1 aliphatic heterocycles. The number of amides is 1. The highest BCUT2D eigenvalue weighted by Gasteiger charge is 2.55. The minimum atomic E-state index is -4.77. The van der Waals surface area contributed by atoms with E-state index in [1.807, 2.05) is 0 Å². The Morgan fingerprint density at radius 3 is 2.40 bits per heavy atom. The number of hydrogen-bond donors (Lipinski definition) is 0. The number of carbonyl (C=O) groups excluding carboxylic acids is 2. The van der Waals surface area contributed by atoms with Gasteiger partial charge < -0.3 is 4.90 Å². The SMILES string of the molecule is CC1(C)CCCN(C(=O)C(F)(F)C(F)F)C1C(=O)CBr. The van der Waals surface area contributed by atoms with E-state index in [-0.39, 0.29) is 11.9 Å². The molecule has 3 nitrogen and oxygen atoms in total. The Morgan fingerprint density at radius 1 is 1.40 bits per heavy atom. The Bertz CT molecular complexity index is 401. The lowest BCUT2D eigenvalue weighted by atomic mass is 9.74. The van der Waals surface area contributed by atoms with Crippen LogP contribution in [0.4, 0.5) is 17.6 Å². The highest BCUT2D eigenvalue weighted by molar-refractivity contribution is 9.09. The Balaban J connectivity index is 3.13. The summed E-state index contributed by atoms with van der Waals surface area (Å²) >= 11 is 2.93. The molecule has 0 aromatic heterocycles. The van der Waals surface area contributed by atoms with Gasteiger partial charge >= 0.3 is 12.3 Å². The van der Waals surface area contributed by atoms with Crippen molar-refractivity contribution in [3.63, 3.8) is 0 Å². The molecule has 0 aromatic carbocycles. The number of rotatable bonds is 4.